The number of aromatic amines is 1. The van der Waals surface area contributed by atoms with Crippen LogP contribution in [0.5, 0.6) is 0 Å². The predicted molar refractivity (Wildman–Crippen MR) is 151 cm³/mol. The summed E-state index contributed by atoms with van der Waals surface area (Å²) < 4.78 is 26.2. The van der Waals surface area contributed by atoms with Gasteiger partial charge in [0.05, 0.1) is 24.3 Å². The van der Waals surface area contributed by atoms with Gasteiger partial charge in [0.2, 0.25) is 15.9 Å². The van der Waals surface area contributed by atoms with Crippen molar-refractivity contribution in [2.75, 3.05) is 25.9 Å². The zero-order chi connectivity index (χ0) is 28.3. The van der Waals surface area contributed by atoms with Gasteiger partial charge < -0.3 is 20.9 Å². The molecule has 2 aliphatic rings. The molecule has 3 aromatic rings. The van der Waals surface area contributed by atoms with Crippen LogP contribution in [0.25, 0.3) is 22.5 Å². The Morgan fingerprint density at radius 3 is 2.30 bits per heavy atom. The number of carbonyl (C=O) groups excluding carboxylic acids is 2. The van der Waals surface area contributed by atoms with Gasteiger partial charge in [0, 0.05) is 48.7 Å². The van der Waals surface area contributed by atoms with Crippen molar-refractivity contribution in [2.45, 2.75) is 31.0 Å². The number of nitriles is 1. The molecule has 0 unspecified atom stereocenters. The van der Waals surface area contributed by atoms with Crippen LogP contribution in [0.2, 0.25) is 0 Å². The predicted octanol–water partition coefficient (Wildman–Crippen LogP) is 2.10. The molecule has 2 fully saturated rings. The lowest BCUT2D eigenvalue weighted by molar-refractivity contribution is -0.123. The Kier molecular flexibility index (Phi) is 8.02. The number of aromatic nitrogens is 1. The normalized spacial score (nSPS) is 23.0. The average molecular weight is 561 g/mol. The number of hydrogen-bond donors (Lipinski definition) is 4. The Morgan fingerprint density at radius 1 is 1.00 bits per heavy atom. The fraction of sp³-hybridized carbons (Fsp3) is 0.345. The van der Waals surface area contributed by atoms with E-state index in [0.29, 0.717) is 24.9 Å². The standard InChI is InChI=1S/C29H32N6O4S/c1-40(38,39)35-18-23(33-29(37)27-13-19(15-30)16-31-27)14-24(35)17-32-28(36)22-9-7-21(8-10-22)26-12-11-25(34-26)20-5-3-2-4-6-20/h2-12,19,23-24,27,31,34H,13-14,16-18H2,1H3,(H,32,36)(H,33,37)/t19-,23-,24-,27+/m1/s1. The smallest absolute Gasteiger partial charge is 0.251 e. The largest absolute Gasteiger partial charge is 0.355 e. The van der Waals surface area contributed by atoms with Gasteiger partial charge in [-0.1, -0.05) is 42.5 Å². The topological polar surface area (TPSA) is 147 Å². The summed E-state index contributed by atoms with van der Waals surface area (Å²) in [5, 5.41) is 17.9. The van der Waals surface area contributed by atoms with E-state index in [1.165, 1.54) is 4.31 Å². The highest BCUT2D eigenvalue weighted by Gasteiger charge is 2.39. The van der Waals surface area contributed by atoms with Gasteiger partial charge in [-0.2, -0.15) is 9.57 Å². The van der Waals surface area contributed by atoms with Crippen LogP contribution >= 0.6 is 0 Å². The third-order valence-electron chi connectivity index (χ3n) is 7.49. The second-order valence-corrected chi connectivity index (χ2v) is 12.3. The van der Waals surface area contributed by atoms with Gasteiger partial charge in [-0.3, -0.25) is 9.59 Å². The Morgan fingerprint density at radius 2 is 1.68 bits per heavy atom. The van der Waals surface area contributed by atoms with E-state index in [9.17, 15) is 18.0 Å². The van der Waals surface area contributed by atoms with Crippen LogP contribution in [-0.2, 0) is 14.8 Å². The van der Waals surface area contributed by atoms with Gasteiger partial charge in [0.25, 0.3) is 5.91 Å². The molecule has 208 valence electrons. The van der Waals surface area contributed by atoms with E-state index in [1.807, 2.05) is 54.6 Å². The molecule has 3 heterocycles. The van der Waals surface area contributed by atoms with Crippen LogP contribution in [0.15, 0.2) is 66.7 Å². The number of hydrogen-bond acceptors (Lipinski definition) is 6. The molecule has 4 atom stereocenters. The van der Waals surface area contributed by atoms with Crippen molar-refractivity contribution >= 4 is 21.8 Å². The van der Waals surface area contributed by atoms with Gasteiger partial charge >= 0.3 is 0 Å². The third kappa shape index (κ3) is 6.25. The number of H-pyrrole nitrogens is 1. The minimum atomic E-state index is -3.55. The summed E-state index contributed by atoms with van der Waals surface area (Å²) in [6.07, 6.45) is 1.94. The van der Waals surface area contributed by atoms with Gasteiger partial charge in [0.15, 0.2) is 0 Å². The second kappa shape index (κ2) is 11.6. The molecule has 40 heavy (non-hydrogen) atoms. The summed E-state index contributed by atoms with van der Waals surface area (Å²) in [4.78, 5) is 29.0. The van der Waals surface area contributed by atoms with Crippen LogP contribution in [-0.4, -0.2) is 73.5 Å². The molecule has 0 saturated carbocycles. The number of benzene rings is 2. The summed E-state index contributed by atoms with van der Waals surface area (Å²) >= 11 is 0. The van der Waals surface area contributed by atoms with Crippen molar-refractivity contribution in [3.8, 4) is 28.6 Å². The third-order valence-corrected chi connectivity index (χ3v) is 8.79. The lowest BCUT2D eigenvalue weighted by Gasteiger charge is -2.22. The monoisotopic (exact) mass is 560 g/mol. The highest BCUT2D eigenvalue weighted by Crippen LogP contribution is 2.25. The minimum Gasteiger partial charge on any atom is -0.355 e. The number of sulfonamides is 1. The molecule has 2 aliphatic heterocycles. The molecule has 2 saturated heterocycles. The first-order chi connectivity index (χ1) is 19.2. The SMILES string of the molecule is CS(=O)(=O)N1C[C@H](NC(=O)[C@@H]2C[C@H](C#N)CN2)C[C@@H]1CNC(=O)c1ccc(-c2ccc(-c3ccccc3)[nH]2)cc1. The molecule has 2 aromatic carbocycles. The molecular weight excluding hydrogens is 528 g/mol. The molecule has 0 spiro atoms. The van der Waals surface area contributed by atoms with E-state index in [0.717, 1.165) is 28.8 Å². The van der Waals surface area contributed by atoms with E-state index in [1.54, 1.807) is 12.1 Å². The molecule has 11 heteroatoms. The Balaban J connectivity index is 1.18. The first-order valence-electron chi connectivity index (χ1n) is 13.2. The van der Waals surface area contributed by atoms with Crippen LogP contribution in [0.1, 0.15) is 23.2 Å². The molecule has 4 N–H and O–H groups in total. The highest BCUT2D eigenvalue weighted by molar-refractivity contribution is 7.88. The maximum Gasteiger partial charge on any atom is 0.251 e. The highest BCUT2D eigenvalue weighted by atomic mass is 32.2. The zero-order valence-corrected chi connectivity index (χ0v) is 22.9. The first-order valence-corrected chi connectivity index (χ1v) is 15.1. The van der Waals surface area contributed by atoms with Gasteiger partial charge in [-0.15, -0.1) is 0 Å². The van der Waals surface area contributed by atoms with Crippen LogP contribution in [0.4, 0.5) is 0 Å². The number of nitrogens with zero attached hydrogens (tertiary/aromatic N) is 2. The van der Waals surface area contributed by atoms with E-state index < -0.39 is 22.1 Å². The maximum atomic E-state index is 12.9. The quantitative estimate of drug-likeness (QED) is 0.332. The van der Waals surface area contributed by atoms with Crippen molar-refractivity contribution in [1.82, 2.24) is 25.2 Å². The number of nitrogens with one attached hydrogen (secondary N) is 4. The van der Waals surface area contributed by atoms with Crippen molar-refractivity contribution < 1.29 is 18.0 Å². The van der Waals surface area contributed by atoms with Gasteiger partial charge in [-0.25, -0.2) is 8.42 Å². The van der Waals surface area contributed by atoms with Crippen LogP contribution < -0.4 is 16.0 Å². The number of rotatable bonds is 8. The van der Waals surface area contributed by atoms with Gasteiger partial charge in [-0.05, 0) is 48.2 Å². The molecule has 2 amide bonds. The summed E-state index contributed by atoms with van der Waals surface area (Å²) in [5.41, 5.74) is 4.43. The first kappa shape index (κ1) is 27.6. The summed E-state index contributed by atoms with van der Waals surface area (Å²) in [5.74, 6) is -0.751. The van der Waals surface area contributed by atoms with E-state index in [4.69, 9.17) is 5.26 Å². The van der Waals surface area contributed by atoms with Crippen LogP contribution in [0, 0.1) is 17.2 Å². The van der Waals surface area contributed by atoms with Crippen molar-refractivity contribution in [3.63, 3.8) is 0 Å². The minimum absolute atomic E-state index is 0.120. The van der Waals surface area contributed by atoms with E-state index >= 15 is 0 Å². The maximum absolute atomic E-state index is 12.9. The fourth-order valence-corrected chi connectivity index (χ4v) is 6.53. The zero-order valence-electron chi connectivity index (χ0n) is 22.1. The fourth-order valence-electron chi connectivity index (χ4n) is 5.38. The molecule has 0 aliphatic carbocycles. The number of carbonyl (C=O) groups is 2. The Labute approximate surface area is 233 Å². The van der Waals surface area contributed by atoms with Crippen molar-refractivity contribution in [1.29, 1.82) is 5.26 Å². The number of amides is 2. The second-order valence-electron chi connectivity index (χ2n) is 10.4. The molecule has 1 aromatic heterocycles. The van der Waals surface area contributed by atoms with E-state index in [-0.39, 0.29) is 36.9 Å². The van der Waals surface area contributed by atoms with E-state index in [2.05, 4.69) is 27.0 Å². The lowest BCUT2D eigenvalue weighted by Crippen LogP contribution is -2.46. The van der Waals surface area contributed by atoms with Crippen molar-refractivity contribution in [3.05, 3.63) is 72.3 Å². The Bertz CT molecular complexity index is 1510. The molecule has 5 rings (SSSR count). The summed E-state index contributed by atoms with van der Waals surface area (Å²) in [6.45, 7) is 0.717. The molecular formula is C29H32N6O4S. The Hall–Kier alpha value is -3.98. The summed E-state index contributed by atoms with van der Waals surface area (Å²) in [6, 6.07) is 22.1. The summed E-state index contributed by atoms with van der Waals surface area (Å²) in [7, 11) is -3.55. The van der Waals surface area contributed by atoms with Crippen molar-refractivity contribution in [2.24, 2.45) is 5.92 Å². The lowest BCUT2D eigenvalue weighted by atomic mass is 10.1. The van der Waals surface area contributed by atoms with Gasteiger partial charge in [0.1, 0.15) is 0 Å². The average Bonchev–Trinajstić information content (AvgIpc) is 3.72. The molecule has 10 nitrogen and oxygen atoms in total. The molecule has 0 radical (unpaired) electrons. The molecule has 0 bridgehead atoms. The van der Waals surface area contributed by atoms with Crippen LogP contribution in [0.3, 0.4) is 0 Å².